The molecule has 0 heterocycles. The molecule has 0 aliphatic rings. The highest BCUT2D eigenvalue weighted by Crippen LogP contribution is 2.23. The molecule has 5 nitrogen and oxygen atoms in total. The van der Waals surface area contributed by atoms with Gasteiger partial charge in [0.1, 0.15) is 11.8 Å². The first kappa shape index (κ1) is 25.0. The summed E-state index contributed by atoms with van der Waals surface area (Å²) in [5.74, 6) is 0.462. The van der Waals surface area contributed by atoms with Gasteiger partial charge in [-0.2, -0.15) is 0 Å². The highest BCUT2D eigenvalue weighted by Gasteiger charge is 2.26. The number of halogens is 2. The molecule has 2 aromatic carbocycles. The van der Waals surface area contributed by atoms with Crippen LogP contribution in [0.5, 0.6) is 5.75 Å². The lowest BCUT2D eigenvalue weighted by molar-refractivity contribution is -0.140. The van der Waals surface area contributed by atoms with E-state index in [0.29, 0.717) is 29.6 Å². The summed E-state index contributed by atoms with van der Waals surface area (Å²) in [6.07, 6.45) is 1.63. The van der Waals surface area contributed by atoms with E-state index >= 15 is 0 Å². The Balaban J connectivity index is 2.02. The lowest BCUT2D eigenvalue weighted by Crippen LogP contribution is -2.47. The summed E-state index contributed by atoms with van der Waals surface area (Å²) >= 11 is 12.3. The molecule has 31 heavy (non-hydrogen) atoms. The standard InChI is InChI=1S/C24H30Cl2N2O3/c1-4-13-27-24(30)18(3)28(16-19-9-10-20(25)15-22(19)26)23(29)6-5-14-31-21-11-7-17(2)8-12-21/h7-12,15,18H,4-6,13-14,16H2,1-3H3,(H,27,30)/t18-/m0/s1. The van der Waals surface area contributed by atoms with Gasteiger partial charge >= 0.3 is 0 Å². The molecule has 0 aliphatic carbocycles. The number of hydrogen-bond donors (Lipinski definition) is 1. The fraction of sp³-hybridized carbons (Fsp3) is 0.417. The van der Waals surface area contributed by atoms with E-state index in [4.69, 9.17) is 27.9 Å². The summed E-state index contributed by atoms with van der Waals surface area (Å²) in [7, 11) is 0. The van der Waals surface area contributed by atoms with Crippen LogP contribution in [0.15, 0.2) is 42.5 Å². The van der Waals surface area contributed by atoms with Gasteiger partial charge in [0.2, 0.25) is 11.8 Å². The maximum Gasteiger partial charge on any atom is 0.242 e. The van der Waals surface area contributed by atoms with E-state index in [0.717, 1.165) is 23.3 Å². The third-order valence-corrected chi connectivity index (χ3v) is 5.48. The van der Waals surface area contributed by atoms with Crippen molar-refractivity contribution < 1.29 is 14.3 Å². The predicted molar refractivity (Wildman–Crippen MR) is 126 cm³/mol. The second kappa shape index (κ2) is 12.6. The lowest BCUT2D eigenvalue weighted by Gasteiger charge is -2.29. The number of amides is 2. The molecule has 0 saturated carbocycles. The van der Waals surface area contributed by atoms with E-state index in [1.54, 1.807) is 30.0 Å². The minimum absolute atomic E-state index is 0.127. The van der Waals surface area contributed by atoms with Crippen molar-refractivity contribution >= 4 is 35.0 Å². The summed E-state index contributed by atoms with van der Waals surface area (Å²) in [6.45, 7) is 6.94. The van der Waals surface area contributed by atoms with Crippen LogP contribution in [0.25, 0.3) is 0 Å². The number of benzene rings is 2. The van der Waals surface area contributed by atoms with Crippen LogP contribution in [0.2, 0.25) is 10.0 Å². The number of ether oxygens (including phenoxy) is 1. The van der Waals surface area contributed by atoms with Crippen molar-refractivity contribution in [2.75, 3.05) is 13.2 Å². The first-order valence-corrected chi connectivity index (χ1v) is 11.3. The van der Waals surface area contributed by atoms with Crippen LogP contribution in [0, 0.1) is 6.92 Å². The van der Waals surface area contributed by atoms with Crippen molar-refractivity contribution in [1.82, 2.24) is 10.2 Å². The molecule has 2 amide bonds. The van der Waals surface area contributed by atoms with E-state index in [1.807, 2.05) is 38.1 Å². The minimum atomic E-state index is -0.621. The van der Waals surface area contributed by atoms with E-state index in [1.165, 1.54) is 0 Å². The number of nitrogens with zero attached hydrogens (tertiary/aromatic N) is 1. The summed E-state index contributed by atoms with van der Waals surface area (Å²) in [5.41, 5.74) is 1.90. The Hall–Kier alpha value is -2.24. The first-order chi connectivity index (χ1) is 14.8. The van der Waals surface area contributed by atoms with E-state index in [9.17, 15) is 9.59 Å². The molecule has 7 heteroatoms. The smallest absolute Gasteiger partial charge is 0.242 e. The largest absolute Gasteiger partial charge is 0.494 e. The molecule has 0 fully saturated rings. The Morgan fingerprint density at radius 1 is 1.13 bits per heavy atom. The lowest BCUT2D eigenvalue weighted by atomic mass is 10.1. The minimum Gasteiger partial charge on any atom is -0.494 e. The van der Waals surface area contributed by atoms with Gasteiger partial charge in [0.15, 0.2) is 0 Å². The number of nitrogens with one attached hydrogen (secondary N) is 1. The molecular weight excluding hydrogens is 435 g/mol. The molecule has 0 aliphatic heterocycles. The van der Waals surface area contributed by atoms with Gasteiger partial charge in [-0.25, -0.2) is 0 Å². The van der Waals surface area contributed by atoms with Gasteiger partial charge in [-0.3, -0.25) is 9.59 Å². The Kier molecular flexibility index (Phi) is 10.2. The van der Waals surface area contributed by atoms with Crippen molar-refractivity contribution in [2.45, 2.75) is 52.6 Å². The quantitative estimate of drug-likeness (QED) is 0.452. The first-order valence-electron chi connectivity index (χ1n) is 10.5. The third kappa shape index (κ3) is 8.08. The van der Waals surface area contributed by atoms with E-state index in [2.05, 4.69) is 5.32 Å². The van der Waals surface area contributed by atoms with Crippen molar-refractivity contribution in [2.24, 2.45) is 0 Å². The second-order valence-corrected chi connectivity index (χ2v) is 8.33. The Morgan fingerprint density at radius 3 is 2.48 bits per heavy atom. The topological polar surface area (TPSA) is 58.6 Å². The van der Waals surface area contributed by atoms with Crippen LogP contribution in [0.3, 0.4) is 0 Å². The van der Waals surface area contributed by atoms with Gasteiger partial charge in [-0.05, 0) is 56.5 Å². The molecule has 0 bridgehead atoms. The monoisotopic (exact) mass is 464 g/mol. The zero-order valence-corrected chi connectivity index (χ0v) is 19.8. The number of rotatable bonds is 11. The summed E-state index contributed by atoms with van der Waals surface area (Å²) in [5, 5.41) is 3.85. The van der Waals surface area contributed by atoms with Crippen LogP contribution in [0.1, 0.15) is 44.2 Å². The molecule has 1 atom stereocenters. The van der Waals surface area contributed by atoms with Gasteiger partial charge in [0.25, 0.3) is 0 Å². The van der Waals surface area contributed by atoms with Crippen molar-refractivity contribution in [1.29, 1.82) is 0 Å². The van der Waals surface area contributed by atoms with Crippen LogP contribution < -0.4 is 10.1 Å². The van der Waals surface area contributed by atoms with Crippen LogP contribution >= 0.6 is 23.2 Å². The highest BCUT2D eigenvalue weighted by molar-refractivity contribution is 6.35. The normalized spacial score (nSPS) is 11.6. The van der Waals surface area contributed by atoms with Crippen molar-refractivity contribution in [3.63, 3.8) is 0 Å². The van der Waals surface area contributed by atoms with Crippen LogP contribution in [0.4, 0.5) is 0 Å². The number of carbonyl (C=O) groups excluding carboxylic acids is 2. The number of carbonyl (C=O) groups is 2. The molecule has 1 N–H and O–H groups in total. The zero-order valence-electron chi connectivity index (χ0n) is 18.3. The maximum atomic E-state index is 13.0. The third-order valence-electron chi connectivity index (χ3n) is 4.90. The van der Waals surface area contributed by atoms with Gasteiger partial charge in [0, 0.05) is 29.6 Å². The Bertz CT molecular complexity index is 872. The molecule has 2 rings (SSSR count). The Labute approximate surface area is 194 Å². The second-order valence-electron chi connectivity index (χ2n) is 7.49. The van der Waals surface area contributed by atoms with Crippen LogP contribution in [-0.4, -0.2) is 35.9 Å². The summed E-state index contributed by atoms with van der Waals surface area (Å²) < 4.78 is 5.72. The molecular formula is C24H30Cl2N2O3. The molecule has 0 spiro atoms. The molecule has 0 radical (unpaired) electrons. The number of aryl methyl sites for hydroxylation is 1. The predicted octanol–water partition coefficient (Wildman–Crippen LogP) is 5.40. The van der Waals surface area contributed by atoms with Gasteiger partial charge < -0.3 is 15.0 Å². The average molecular weight is 465 g/mol. The molecule has 0 unspecified atom stereocenters. The van der Waals surface area contributed by atoms with Crippen molar-refractivity contribution in [3.05, 3.63) is 63.6 Å². The Morgan fingerprint density at radius 2 is 1.84 bits per heavy atom. The summed E-state index contributed by atoms with van der Waals surface area (Å²) in [6, 6.07) is 12.3. The zero-order chi connectivity index (χ0) is 22.8. The molecule has 168 valence electrons. The fourth-order valence-corrected chi connectivity index (χ4v) is 3.47. The van der Waals surface area contributed by atoms with Gasteiger partial charge in [-0.1, -0.05) is 53.9 Å². The number of hydrogen-bond acceptors (Lipinski definition) is 3. The van der Waals surface area contributed by atoms with Gasteiger partial charge in [0.05, 0.1) is 6.61 Å². The average Bonchev–Trinajstić information content (AvgIpc) is 2.75. The van der Waals surface area contributed by atoms with Gasteiger partial charge in [-0.15, -0.1) is 0 Å². The fourth-order valence-electron chi connectivity index (χ4n) is 3.00. The molecule has 0 aromatic heterocycles. The van der Waals surface area contributed by atoms with Crippen molar-refractivity contribution in [3.8, 4) is 5.75 Å². The van der Waals surface area contributed by atoms with Crippen LogP contribution in [-0.2, 0) is 16.1 Å². The molecule has 0 saturated heterocycles. The van der Waals surface area contributed by atoms with E-state index in [-0.39, 0.29) is 24.8 Å². The SMILES string of the molecule is CCCNC(=O)[C@H](C)N(Cc1ccc(Cl)cc1Cl)C(=O)CCCOc1ccc(C)cc1. The maximum absolute atomic E-state index is 13.0. The molecule has 2 aromatic rings. The van der Waals surface area contributed by atoms with E-state index < -0.39 is 6.04 Å². The summed E-state index contributed by atoms with van der Waals surface area (Å²) in [4.78, 5) is 27.1. The highest BCUT2D eigenvalue weighted by atomic mass is 35.5.